The van der Waals surface area contributed by atoms with E-state index in [-0.39, 0.29) is 5.97 Å². The zero-order valence-electron chi connectivity index (χ0n) is 10.9. The van der Waals surface area contributed by atoms with E-state index in [4.69, 9.17) is 11.6 Å². The van der Waals surface area contributed by atoms with Crippen LogP contribution in [-0.2, 0) is 9.53 Å². The molecule has 0 amide bonds. The fourth-order valence-corrected chi connectivity index (χ4v) is 1.38. The van der Waals surface area contributed by atoms with Crippen LogP contribution in [0, 0.1) is 0 Å². The molecule has 0 unspecified atom stereocenters. The van der Waals surface area contributed by atoms with Gasteiger partial charge in [-0.15, -0.1) is 0 Å². The Morgan fingerprint density at radius 1 is 1.12 bits per heavy atom. The van der Waals surface area contributed by atoms with Gasteiger partial charge in [-0.1, -0.05) is 70.2 Å². The molecule has 0 heterocycles. The van der Waals surface area contributed by atoms with Crippen LogP contribution >= 0.6 is 11.6 Å². The molecule has 0 aliphatic rings. The van der Waals surface area contributed by atoms with Gasteiger partial charge in [0.1, 0.15) is 0 Å². The van der Waals surface area contributed by atoms with Gasteiger partial charge < -0.3 is 4.74 Å². The third-order valence-corrected chi connectivity index (χ3v) is 2.20. The normalized spacial score (nSPS) is 8.82. The van der Waals surface area contributed by atoms with Gasteiger partial charge in [-0.3, -0.25) is 4.79 Å². The standard InChI is InChI=1S/C12H22O2.C2H3Cl/c1-3-5-6-7-8-9-10-11-12(13)14-4-2;1-2-3/h4H,2-3,5-11H2,1H3;2H,1H2. The molecule has 0 aromatic heterocycles. The average molecular weight is 261 g/mol. The molecule has 0 N–H and O–H groups in total. The second kappa shape index (κ2) is 17.6. The molecule has 0 aliphatic carbocycles. The predicted octanol–water partition coefficient (Wildman–Crippen LogP) is 5.18. The lowest BCUT2D eigenvalue weighted by Crippen LogP contribution is -1.98. The maximum Gasteiger partial charge on any atom is 0.310 e. The number of rotatable bonds is 9. The SMILES string of the molecule is C=CCl.C=COC(=O)CCCCCCCCC. The van der Waals surface area contributed by atoms with Gasteiger partial charge in [-0.2, -0.15) is 0 Å². The monoisotopic (exact) mass is 260 g/mol. The number of hydrogen-bond acceptors (Lipinski definition) is 2. The number of unbranched alkanes of at least 4 members (excludes halogenated alkanes) is 6. The minimum atomic E-state index is -0.159. The zero-order chi connectivity index (χ0) is 13.4. The third-order valence-electron chi connectivity index (χ3n) is 2.20. The van der Waals surface area contributed by atoms with E-state index in [0.29, 0.717) is 6.42 Å². The third kappa shape index (κ3) is 21.1. The van der Waals surface area contributed by atoms with Crippen molar-refractivity contribution in [2.24, 2.45) is 0 Å². The van der Waals surface area contributed by atoms with Crippen LogP contribution in [0.5, 0.6) is 0 Å². The summed E-state index contributed by atoms with van der Waals surface area (Å²) < 4.78 is 4.61. The van der Waals surface area contributed by atoms with Crippen molar-refractivity contribution in [1.82, 2.24) is 0 Å². The first-order chi connectivity index (χ1) is 8.22. The summed E-state index contributed by atoms with van der Waals surface area (Å²) in [4.78, 5) is 10.9. The summed E-state index contributed by atoms with van der Waals surface area (Å²) in [5.41, 5.74) is 1.22. The summed E-state index contributed by atoms with van der Waals surface area (Å²) in [5.74, 6) is -0.159. The van der Waals surface area contributed by atoms with E-state index >= 15 is 0 Å². The Morgan fingerprint density at radius 3 is 2.06 bits per heavy atom. The summed E-state index contributed by atoms with van der Waals surface area (Å²) >= 11 is 4.76. The molecule has 0 bridgehead atoms. The lowest BCUT2D eigenvalue weighted by atomic mass is 10.1. The highest BCUT2D eigenvalue weighted by Gasteiger charge is 1.99. The minimum Gasteiger partial charge on any atom is -0.435 e. The van der Waals surface area contributed by atoms with E-state index in [1.165, 1.54) is 43.9 Å². The Kier molecular flexibility index (Phi) is 19.3. The zero-order valence-corrected chi connectivity index (χ0v) is 11.7. The Balaban J connectivity index is 0. The first kappa shape index (κ1) is 18.6. The van der Waals surface area contributed by atoms with Gasteiger partial charge in [0.15, 0.2) is 0 Å². The van der Waals surface area contributed by atoms with E-state index in [2.05, 4.69) is 24.8 Å². The van der Waals surface area contributed by atoms with Crippen molar-refractivity contribution >= 4 is 17.6 Å². The summed E-state index contributed by atoms with van der Waals surface area (Å²) in [7, 11) is 0. The van der Waals surface area contributed by atoms with Crippen LogP contribution in [-0.4, -0.2) is 5.97 Å². The van der Waals surface area contributed by atoms with Gasteiger partial charge in [0, 0.05) is 6.42 Å². The number of halogens is 1. The maximum atomic E-state index is 10.9. The van der Waals surface area contributed by atoms with Crippen molar-refractivity contribution in [2.75, 3.05) is 0 Å². The average Bonchev–Trinajstić information content (AvgIpc) is 2.29. The summed E-state index contributed by atoms with van der Waals surface area (Å²) in [6.07, 6.45) is 10.3. The highest BCUT2D eigenvalue weighted by molar-refractivity contribution is 6.25. The Hall–Kier alpha value is -0.760. The van der Waals surface area contributed by atoms with Gasteiger partial charge in [0.2, 0.25) is 0 Å². The van der Waals surface area contributed by atoms with E-state index in [0.717, 1.165) is 12.8 Å². The second-order valence-electron chi connectivity index (χ2n) is 3.68. The summed E-state index contributed by atoms with van der Waals surface area (Å²) in [6.45, 7) is 8.68. The van der Waals surface area contributed by atoms with Crippen LogP contribution in [0.3, 0.4) is 0 Å². The molecule has 2 nitrogen and oxygen atoms in total. The van der Waals surface area contributed by atoms with E-state index in [1.807, 2.05) is 0 Å². The van der Waals surface area contributed by atoms with Crippen molar-refractivity contribution in [1.29, 1.82) is 0 Å². The molecule has 3 heteroatoms. The molecule has 0 aliphatic heterocycles. The topological polar surface area (TPSA) is 26.3 Å². The largest absolute Gasteiger partial charge is 0.435 e. The second-order valence-corrected chi connectivity index (χ2v) is 3.99. The Labute approximate surface area is 111 Å². The molecule has 0 radical (unpaired) electrons. The quantitative estimate of drug-likeness (QED) is 0.324. The predicted molar refractivity (Wildman–Crippen MR) is 74.9 cm³/mol. The van der Waals surface area contributed by atoms with Crippen molar-refractivity contribution in [3.05, 3.63) is 25.0 Å². The summed E-state index contributed by atoms with van der Waals surface area (Å²) in [6, 6.07) is 0. The molecular weight excluding hydrogens is 236 g/mol. The van der Waals surface area contributed by atoms with E-state index in [9.17, 15) is 4.79 Å². The van der Waals surface area contributed by atoms with Crippen molar-refractivity contribution in [3.8, 4) is 0 Å². The fourth-order valence-electron chi connectivity index (χ4n) is 1.38. The van der Waals surface area contributed by atoms with Crippen LogP contribution in [0.25, 0.3) is 0 Å². The Morgan fingerprint density at radius 2 is 1.59 bits per heavy atom. The van der Waals surface area contributed by atoms with Crippen LogP contribution < -0.4 is 0 Å². The number of carbonyl (C=O) groups is 1. The van der Waals surface area contributed by atoms with Crippen molar-refractivity contribution in [3.63, 3.8) is 0 Å². The smallest absolute Gasteiger partial charge is 0.310 e. The highest BCUT2D eigenvalue weighted by atomic mass is 35.5. The molecule has 0 rings (SSSR count). The molecule has 0 spiro atoms. The van der Waals surface area contributed by atoms with Gasteiger partial charge in [-0.05, 0) is 12.0 Å². The first-order valence-electron chi connectivity index (χ1n) is 6.24. The van der Waals surface area contributed by atoms with Crippen molar-refractivity contribution < 1.29 is 9.53 Å². The minimum absolute atomic E-state index is 0.159. The number of ether oxygens (including phenoxy) is 1. The number of carbonyl (C=O) groups excluding carboxylic acids is 1. The number of hydrogen-bond donors (Lipinski definition) is 0. The lowest BCUT2D eigenvalue weighted by molar-refractivity contribution is -0.138. The highest BCUT2D eigenvalue weighted by Crippen LogP contribution is 2.08. The van der Waals surface area contributed by atoms with Gasteiger partial charge in [-0.25, -0.2) is 0 Å². The maximum absolute atomic E-state index is 10.9. The molecule has 0 fully saturated rings. The molecular formula is C14H25ClO2. The molecule has 0 saturated carbocycles. The van der Waals surface area contributed by atoms with E-state index in [1.54, 1.807) is 0 Å². The molecule has 0 aromatic rings. The molecule has 0 atom stereocenters. The van der Waals surface area contributed by atoms with Crippen LogP contribution in [0.2, 0.25) is 0 Å². The number of esters is 1. The van der Waals surface area contributed by atoms with E-state index < -0.39 is 0 Å². The fraction of sp³-hybridized carbons (Fsp3) is 0.643. The molecule has 100 valence electrons. The van der Waals surface area contributed by atoms with Crippen LogP contribution in [0.15, 0.2) is 25.0 Å². The van der Waals surface area contributed by atoms with Gasteiger partial charge in [0.05, 0.1) is 6.26 Å². The van der Waals surface area contributed by atoms with Crippen LogP contribution in [0.1, 0.15) is 58.3 Å². The first-order valence-corrected chi connectivity index (χ1v) is 6.68. The van der Waals surface area contributed by atoms with Crippen LogP contribution in [0.4, 0.5) is 0 Å². The van der Waals surface area contributed by atoms with Gasteiger partial charge >= 0.3 is 5.97 Å². The lowest BCUT2D eigenvalue weighted by Gasteiger charge is -2.00. The summed E-state index contributed by atoms with van der Waals surface area (Å²) in [5, 5.41) is 0. The van der Waals surface area contributed by atoms with Crippen molar-refractivity contribution in [2.45, 2.75) is 58.3 Å². The molecule has 0 aromatic carbocycles. The Bertz CT molecular complexity index is 191. The molecule has 17 heavy (non-hydrogen) atoms. The van der Waals surface area contributed by atoms with Gasteiger partial charge in [0.25, 0.3) is 0 Å². The molecule has 0 saturated heterocycles.